The van der Waals surface area contributed by atoms with Crippen LogP contribution in [0.25, 0.3) is 10.2 Å². The van der Waals surface area contributed by atoms with E-state index in [0.29, 0.717) is 4.47 Å². The zero-order valence-corrected chi connectivity index (χ0v) is 9.66. The number of nitrogens with zero attached hydrogens (tertiary/aromatic N) is 1. The Morgan fingerprint density at radius 3 is 3.07 bits per heavy atom. The quantitative estimate of drug-likeness (QED) is 0.759. The second-order valence-electron chi connectivity index (χ2n) is 3.37. The van der Waals surface area contributed by atoms with Crippen molar-refractivity contribution in [3.05, 3.63) is 28.2 Å². The number of fused-ring (bicyclic) bond motifs is 1. The van der Waals surface area contributed by atoms with Crippen LogP contribution in [-0.4, -0.2) is 4.98 Å². The average Bonchev–Trinajstić information content (AvgIpc) is 2.54. The molecule has 0 N–H and O–H groups in total. The van der Waals surface area contributed by atoms with E-state index in [2.05, 4.69) is 30.1 Å². The van der Waals surface area contributed by atoms with Gasteiger partial charge in [0.2, 0.25) is 0 Å². The lowest BCUT2D eigenvalue weighted by Gasteiger charge is -1.98. The number of unbranched alkanes of at least 4 members (excludes halogenated alkanes) is 1. The molecule has 0 spiro atoms. The Bertz CT molecular complexity index is 436. The predicted octanol–water partition coefficient (Wildman–Crippen LogP) is 4.29. The van der Waals surface area contributed by atoms with E-state index in [1.807, 2.05) is 0 Å². The fourth-order valence-electron chi connectivity index (χ4n) is 1.48. The second-order valence-corrected chi connectivity index (χ2v) is 4.99. The highest BCUT2D eigenvalue weighted by Gasteiger charge is 2.02. The maximum atomic E-state index is 5.85. The average molecular weight is 226 g/mol. The lowest BCUT2D eigenvalue weighted by atomic mass is 10.1. The summed E-state index contributed by atoms with van der Waals surface area (Å²) in [6.07, 6.45) is 3.64. The van der Waals surface area contributed by atoms with E-state index in [1.165, 1.54) is 23.1 Å². The third kappa shape index (κ3) is 2.07. The van der Waals surface area contributed by atoms with Crippen molar-refractivity contribution in [2.75, 3.05) is 0 Å². The number of aryl methyl sites for hydroxylation is 1. The normalized spacial score (nSPS) is 11.0. The smallest absolute Gasteiger partial charge is 0.184 e. The fourth-order valence-corrected chi connectivity index (χ4v) is 2.57. The van der Waals surface area contributed by atoms with Gasteiger partial charge in [-0.3, -0.25) is 0 Å². The number of aromatic nitrogens is 1. The molecule has 0 amide bonds. The summed E-state index contributed by atoms with van der Waals surface area (Å²) in [6.45, 7) is 2.21. The summed E-state index contributed by atoms with van der Waals surface area (Å²) in [7, 11) is 0. The molecule has 0 aliphatic rings. The summed E-state index contributed by atoms with van der Waals surface area (Å²) in [5.74, 6) is 0. The molecule has 2 aromatic rings. The van der Waals surface area contributed by atoms with Crippen LogP contribution in [0.15, 0.2) is 18.2 Å². The molecule has 0 aliphatic carbocycles. The monoisotopic (exact) mass is 225 g/mol. The van der Waals surface area contributed by atoms with Crippen LogP contribution in [0.1, 0.15) is 25.3 Å². The summed E-state index contributed by atoms with van der Waals surface area (Å²) in [5, 5.41) is 0. The Kier molecular flexibility index (Phi) is 3.04. The maximum absolute atomic E-state index is 5.85. The number of hydrogen-bond donors (Lipinski definition) is 0. The minimum Gasteiger partial charge on any atom is -0.225 e. The van der Waals surface area contributed by atoms with Gasteiger partial charge in [0.15, 0.2) is 4.47 Å². The van der Waals surface area contributed by atoms with Crippen molar-refractivity contribution < 1.29 is 0 Å². The summed E-state index contributed by atoms with van der Waals surface area (Å²) in [5.41, 5.74) is 2.40. The molecule has 0 radical (unpaired) electrons. The molecule has 74 valence electrons. The van der Waals surface area contributed by atoms with Gasteiger partial charge in [-0.25, -0.2) is 4.98 Å². The largest absolute Gasteiger partial charge is 0.225 e. The third-order valence-electron chi connectivity index (χ3n) is 2.25. The van der Waals surface area contributed by atoms with Gasteiger partial charge in [0, 0.05) is 0 Å². The molecule has 0 fully saturated rings. The number of thiazole rings is 1. The molecule has 3 heteroatoms. The lowest BCUT2D eigenvalue weighted by Crippen LogP contribution is -1.83. The Morgan fingerprint density at radius 2 is 2.29 bits per heavy atom. The first-order valence-corrected chi connectivity index (χ1v) is 6.04. The summed E-state index contributed by atoms with van der Waals surface area (Å²) < 4.78 is 1.83. The highest BCUT2D eigenvalue weighted by atomic mass is 35.5. The van der Waals surface area contributed by atoms with E-state index in [-0.39, 0.29) is 0 Å². The second kappa shape index (κ2) is 4.28. The lowest BCUT2D eigenvalue weighted by molar-refractivity contribution is 0.796. The third-order valence-corrected chi connectivity index (χ3v) is 3.37. The van der Waals surface area contributed by atoms with Crippen molar-refractivity contribution >= 4 is 33.2 Å². The SMILES string of the molecule is CCCCc1ccc2nc(Cl)sc2c1. The van der Waals surface area contributed by atoms with Crippen molar-refractivity contribution in [1.29, 1.82) is 0 Å². The molecule has 2 rings (SSSR count). The van der Waals surface area contributed by atoms with Crippen molar-refractivity contribution in [2.24, 2.45) is 0 Å². The standard InChI is InChI=1S/C11H12ClNS/c1-2-3-4-8-5-6-9-10(7-8)14-11(12)13-9/h5-7H,2-4H2,1H3. The van der Waals surface area contributed by atoms with Crippen molar-refractivity contribution in [3.63, 3.8) is 0 Å². The molecule has 0 aliphatic heterocycles. The first-order valence-electron chi connectivity index (χ1n) is 4.84. The Balaban J connectivity index is 2.31. The van der Waals surface area contributed by atoms with Gasteiger partial charge >= 0.3 is 0 Å². The minimum absolute atomic E-state index is 0.632. The highest BCUT2D eigenvalue weighted by Crippen LogP contribution is 2.26. The summed E-state index contributed by atoms with van der Waals surface area (Å²) in [6, 6.07) is 6.41. The van der Waals surface area contributed by atoms with Gasteiger partial charge in [0.25, 0.3) is 0 Å². The predicted molar refractivity (Wildman–Crippen MR) is 63.2 cm³/mol. The first kappa shape index (κ1) is 9.94. The van der Waals surface area contributed by atoms with Crippen LogP contribution in [-0.2, 0) is 6.42 Å². The van der Waals surface area contributed by atoms with Crippen LogP contribution in [0.3, 0.4) is 0 Å². The van der Waals surface area contributed by atoms with E-state index in [0.717, 1.165) is 11.9 Å². The van der Waals surface area contributed by atoms with Crippen LogP contribution >= 0.6 is 22.9 Å². The van der Waals surface area contributed by atoms with Crippen molar-refractivity contribution in [1.82, 2.24) is 4.98 Å². The zero-order valence-electron chi connectivity index (χ0n) is 8.09. The van der Waals surface area contributed by atoms with Gasteiger partial charge in [-0.1, -0.05) is 31.0 Å². The molecule has 1 aromatic heterocycles. The molecular weight excluding hydrogens is 214 g/mol. The Hall–Kier alpha value is -0.600. The minimum atomic E-state index is 0.632. The van der Waals surface area contributed by atoms with Crippen LogP contribution in [0, 0.1) is 0 Å². The van der Waals surface area contributed by atoms with E-state index in [9.17, 15) is 0 Å². The molecule has 1 nitrogen and oxygen atoms in total. The van der Waals surface area contributed by atoms with E-state index < -0.39 is 0 Å². The van der Waals surface area contributed by atoms with Gasteiger partial charge in [-0.05, 0) is 30.5 Å². The van der Waals surface area contributed by atoms with Gasteiger partial charge in [0.1, 0.15) is 0 Å². The Morgan fingerprint density at radius 1 is 1.43 bits per heavy atom. The van der Waals surface area contributed by atoms with E-state index in [1.54, 1.807) is 11.3 Å². The molecule has 0 unspecified atom stereocenters. The first-order chi connectivity index (χ1) is 6.79. The molecule has 0 atom stereocenters. The molecule has 1 aromatic carbocycles. The fraction of sp³-hybridized carbons (Fsp3) is 0.364. The van der Waals surface area contributed by atoms with E-state index in [4.69, 9.17) is 11.6 Å². The molecule has 0 saturated carbocycles. The van der Waals surface area contributed by atoms with Crippen molar-refractivity contribution in [3.8, 4) is 0 Å². The maximum Gasteiger partial charge on any atom is 0.184 e. The highest BCUT2D eigenvalue weighted by molar-refractivity contribution is 7.22. The van der Waals surface area contributed by atoms with Crippen LogP contribution in [0.4, 0.5) is 0 Å². The van der Waals surface area contributed by atoms with E-state index >= 15 is 0 Å². The van der Waals surface area contributed by atoms with Gasteiger partial charge in [-0.15, -0.1) is 11.3 Å². The number of hydrogen-bond acceptors (Lipinski definition) is 2. The topological polar surface area (TPSA) is 12.9 Å². The molecule has 14 heavy (non-hydrogen) atoms. The number of rotatable bonds is 3. The van der Waals surface area contributed by atoms with Crippen molar-refractivity contribution in [2.45, 2.75) is 26.2 Å². The number of halogens is 1. The Labute approximate surface area is 92.7 Å². The number of benzene rings is 1. The molecule has 0 bridgehead atoms. The van der Waals surface area contributed by atoms with Crippen LogP contribution in [0.2, 0.25) is 4.47 Å². The summed E-state index contributed by atoms with van der Waals surface area (Å²) >= 11 is 7.40. The zero-order chi connectivity index (χ0) is 9.97. The van der Waals surface area contributed by atoms with Crippen LogP contribution in [0.5, 0.6) is 0 Å². The van der Waals surface area contributed by atoms with Gasteiger partial charge < -0.3 is 0 Å². The van der Waals surface area contributed by atoms with Crippen LogP contribution < -0.4 is 0 Å². The summed E-state index contributed by atoms with van der Waals surface area (Å²) in [4.78, 5) is 4.22. The molecule has 1 heterocycles. The molecular formula is C11H12ClNS. The molecule has 0 saturated heterocycles. The van der Waals surface area contributed by atoms with Gasteiger partial charge in [-0.2, -0.15) is 0 Å². The van der Waals surface area contributed by atoms with Gasteiger partial charge in [0.05, 0.1) is 10.2 Å².